The SMILES string of the molecule is NC(=O)CC(N)C(=O)N1CCN(c2nccs2)CC1. The standard InChI is InChI=1S/C11H17N5O2S/c12-8(7-9(13)17)10(18)15-2-4-16(5-3-15)11-14-1-6-19-11/h1,6,8H,2-5,7,12H2,(H2,13,17). The Hall–Kier alpha value is -1.67. The molecule has 0 bridgehead atoms. The van der Waals surface area contributed by atoms with E-state index in [2.05, 4.69) is 9.88 Å². The van der Waals surface area contributed by atoms with Crippen LogP contribution in [0.1, 0.15) is 6.42 Å². The van der Waals surface area contributed by atoms with Crippen LogP contribution in [0.15, 0.2) is 11.6 Å². The Morgan fingerprint density at radius 2 is 2.05 bits per heavy atom. The first-order valence-electron chi connectivity index (χ1n) is 6.05. The van der Waals surface area contributed by atoms with E-state index in [1.54, 1.807) is 22.4 Å². The normalized spacial score (nSPS) is 17.3. The van der Waals surface area contributed by atoms with Gasteiger partial charge in [0.05, 0.1) is 12.5 Å². The van der Waals surface area contributed by atoms with E-state index in [1.807, 2.05) is 5.38 Å². The number of nitrogens with two attached hydrogens (primary N) is 2. The summed E-state index contributed by atoms with van der Waals surface area (Å²) in [4.78, 5) is 30.8. The van der Waals surface area contributed by atoms with Crippen molar-refractivity contribution in [1.82, 2.24) is 9.88 Å². The molecule has 2 amide bonds. The van der Waals surface area contributed by atoms with E-state index in [0.717, 1.165) is 18.2 Å². The minimum atomic E-state index is -0.830. The third kappa shape index (κ3) is 3.42. The number of piperazine rings is 1. The predicted molar refractivity (Wildman–Crippen MR) is 72.7 cm³/mol. The maximum atomic E-state index is 12.0. The van der Waals surface area contributed by atoms with E-state index in [1.165, 1.54) is 0 Å². The Morgan fingerprint density at radius 3 is 2.58 bits per heavy atom. The fourth-order valence-corrected chi connectivity index (χ4v) is 2.73. The maximum Gasteiger partial charge on any atom is 0.240 e. The molecule has 0 saturated carbocycles. The molecule has 0 spiro atoms. The minimum absolute atomic E-state index is 0.106. The summed E-state index contributed by atoms with van der Waals surface area (Å²) in [7, 11) is 0. The zero-order valence-electron chi connectivity index (χ0n) is 10.5. The van der Waals surface area contributed by atoms with Crippen LogP contribution in [0.5, 0.6) is 0 Å². The number of rotatable bonds is 4. The van der Waals surface area contributed by atoms with Gasteiger partial charge in [-0.05, 0) is 0 Å². The largest absolute Gasteiger partial charge is 0.370 e. The zero-order valence-corrected chi connectivity index (χ0v) is 11.3. The van der Waals surface area contributed by atoms with Gasteiger partial charge >= 0.3 is 0 Å². The summed E-state index contributed by atoms with van der Waals surface area (Å²) in [6.45, 7) is 2.63. The molecule has 1 saturated heterocycles. The average molecular weight is 283 g/mol. The Balaban J connectivity index is 1.86. The molecule has 7 nitrogen and oxygen atoms in total. The van der Waals surface area contributed by atoms with Crippen molar-refractivity contribution in [2.75, 3.05) is 31.1 Å². The second-order valence-corrected chi connectivity index (χ2v) is 5.28. The molecule has 1 aromatic heterocycles. The molecular weight excluding hydrogens is 266 g/mol. The molecule has 104 valence electrons. The van der Waals surface area contributed by atoms with Gasteiger partial charge in [0, 0.05) is 37.8 Å². The van der Waals surface area contributed by atoms with Crippen LogP contribution in [0.25, 0.3) is 0 Å². The van der Waals surface area contributed by atoms with Crippen LogP contribution in [0.3, 0.4) is 0 Å². The van der Waals surface area contributed by atoms with Crippen LogP contribution in [-0.2, 0) is 9.59 Å². The first-order chi connectivity index (χ1) is 9.08. The van der Waals surface area contributed by atoms with Gasteiger partial charge in [-0.2, -0.15) is 0 Å². The lowest BCUT2D eigenvalue weighted by Gasteiger charge is -2.35. The third-order valence-corrected chi connectivity index (χ3v) is 3.85. The number of anilines is 1. The van der Waals surface area contributed by atoms with E-state index in [4.69, 9.17) is 11.5 Å². The topological polar surface area (TPSA) is 106 Å². The molecular formula is C11H17N5O2S. The molecule has 19 heavy (non-hydrogen) atoms. The van der Waals surface area contributed by atoms with Gasteiger partial charge in [-0.1, -0.05) is 0 Å². The fraction of sp³-hybridized carbons (Fsp3) is 0.545. The second kappa shape index (κ2) is 5.98. The molecule has 1 aliphatic rings. The summed E-state index contributed by atoms with van der Waals surface area (Å²) < 4.78 is 0. The summed E-state index contributed by atoms with van der Waals surface area (Å²) in [5.41, 5.74) is 10.7. The van der Waals surface area contributed by atoms with Crippen molar-refractivity contribution in [3.05, 3.63) is 11.6 Å². The molecule has 0 aromatic carbocycles. The number of hydrogen-bond donors (Lipinski definition) is 2. The van der Waals surface area contributed by atoms with E-state index in [9.17, 15) is 9.59 Å². The molecule has 0 aliphatic carbocycles. The van der Waals surface area contributed by atoms with Gasteiger partial charge in [-0.3, -0.25) is 9.59 Å². The van der Waals surface area contributed by atoms with Crippen molar-refractivity contribution < 1.29 is 9.59 Å². The van der Waals surface area contributed by atoms with Gasteiger partial charge in [-0.15, -0.1) is 11.3 Å². The maximum absolute atomic E-state index is 12.0. The molecule has 8 heteroatoms. The van der Waals surface area contributed by atoms with Crippen LogP contribution >= 0.6 is 11.3 Å². The van der Waals surface area contributed by atoms with Crippen molar-refractivity contribution in [3.8, 4) is 0 Å². The molecule has 1 fully saturated rings. The third-order valence-electron chi connectivity index (χ3n) is 3.02. The van der Waals surface area contributed by atoms with Crippen molar-refractivity contribution >= 4 is 28.3 Å². The Kier molecular flexibility index (Phi) is 4.33. The second-order valence-electron chi connectivity index (χ2n) is 4.40. The monoisotopic (exact) mass is 283 g/mol. The van der Waals surface area contributed by atoms with Gasteiger partial charge in [0.15, 0.2) is 5.13 Å². The van der Waals surface area contributed by atoms with Crippen molar-refractivity contribution in [1.29, 1.82) is 0 Å². The number of nitrogens with zero attached hydrogens (tertiary/aromatic N) is 3. The van der Waals surface area contributed by atoms with Gasteiger partial charge < -0.3 is 21.3 Å². The molecule has 2 heterocycles. The Labute approximate surface area is 115 Å². The molecule has 1 aromatic rings. The molecule has 4 N–H and O–H groups in total. The summed E-state index contributed by atoms with van der Waals surface area (Å²) in [6.07, 6.45) is 1.66. The fourth-order valence-electron chi connectivity index (χ4n) is 2.03. The van der Waals surface area contributed by atoms with Gasteiger partial charge in [0.2, 0.25) is 11.8 Å². The number of amides is 2. The van der Waals surface area contributed by atoms with Crippen molar-refractivity contribution in [2.24, 2.45) is 11.5 Å². The number of carbonyl (C=O) groups excluding carboxylic acids is 2. The van der Waals surface area contributed by atoms with Gasteiger partial charge in [0.25, 0.3) is 0 Å². The van der Waals surface area contributed by atoms with E-state index in [0.29, 0.717) is 13.1 Å². The van der Waals surface area contributed by atoms with Crippen LogP contribution in [0, 0.1) is 0 Å². The Bertz CT molecular complexity index is 442. The highest BCUT2D eigenvalue weighted by atomic mass is 32.1. The lowest BCUT2D eigenvalue weighted by Crippen LogP contribution is -2.53. The van der Waals surface area contributed by atoms with Gasteiger partial charge in [-0.25, -0.2) is 4.98 Å². The smallest absolute Gasteiger partial charge is 0.240 e. The van der Waals surface area contributed by atoms with Crippen LogP contribution in [0.2, 0.25) is 0 Å². The molecule has 2 rings (SSSR count). The number of thiazole rings is 1. The first kappa shape index (κ1) is 13.8. The average Bonchev–Trinajstić information content (AvgIpc) is 2.91. The number of primary amides is 1. The van der Waals surface area contributed by atoms with Gasteiger partial charge in [0.1, 0.15) is 0 Å². The van der Waals surface area contributed by atoms with E-state index >= 15 is 0 Å². The van der Waals surface area contributed by atoms with E-state index < -0.39 is 11.9 Å². The number of aromatic nitrogens is 1. The number of hydrogen-bond acceptors (Lipinski definition) is 6. The Morgan fingerprint density at radius 1 is 1.37 bits per heavy atom. The summed E-state index contributed by atoms with van der Waals surface area (Å²) in [6, 6.07) is -0.830. The van der Waals surface area contributed by atoms with Crippen molar-refractivity contribution in [3.63, 3.8) is 0 Å². The molecule has 1 aliphatic heterocycles. The highest BCUT2D eigenvalue weighted by Crippen LogP contribution is 2.19. The lowest BCUT2D eigenvalue weighted by molar-refractivity contribution is -0.134. The van der Waals surface area contributed by atoms with Crippen LogP contribution in [0.4, 0.5) is 5.13 Å². The molecule has 1 atom stereocenters. The highest BCUT2D eigenvalue weighted by molar-refractivity contribution is 7.13. The molecule has 1 unspecified atom stereocenters. The first-order valence-corrected chi connectivity index (χ1v) is 6.93. The van der Waals surface area contributed by atoms with Crippen LogP contribution < -0.4 is 16.4 Å². The summed E-state index contributed by atoms with van der Waals surface area (Å²) in [5.74, 6) is -0.764. The summed E-state index contributed by atoms with van der Waals surface area (Å²) in [5, 5.41) is 2.89. The summed E-state index contributed by atoms with van der Waals surface area (Å²) >= 11 is 1.58. The highest BCUT2D eigenvalue weighted by Gasteiger charge is 2.26. The predicted octanol–water partition coefficient (Wildman–Crippen LogP) is -1.01. The van der Waals surface area contributed by atoms with E-state index in [-0.39, 0.29) is 12.3 Å². The van der Waals surface area contributed by atoms with Crippen molar-refractivity contribution in [2.45, 2.75) is 12.5 Å². The minimum Gasteiger partial charge on any atom is -0.370 e. The van der Waals surface area contributed by atoms with Crippen LogP contribution in [-0.4, -0.2) is 53.9 Å². The zero-order chi connectivity index (χ0) is 13.8. The number of carbonyl (C=O) groups is 2. The quantitative estimate of drug-likeness (QED) is 0.737. The lowest BCUT2D eigenvalue weighted by atomic mass is 10.1. The molecule has 0 radical (unpaired) electrons.